The Labute approximate surface area is 98.4 Å². The predicted octanol–water partition coefficient (Wildman–Crippen LogP) is 3.94. The zero-order valence-corrected chi connectivity index (χ0v) is 10.9. The quantitative estimate of drug-likeness (QED) is 0.805. The summed E-state index contributed by atoms with van der Waals surface area (Å²) in [5.41, 5.74) is 2.31. The molecule has 2 rings (SSSR count). The lowest BCUT2D eigenvalue weighted by atomic mass is 10.3. The summed E-state index contributed by atoms with van der Waals surface area (Å²) < 4.78 is 3.40. The number of rotatable bonds is 2. The van der Waals surface area contributed by atoms with Crippen molar-refractivity contribution in [3.8, 4) is 0 Å². The van der Waals surface area contributed by atoms with E-state index in [9.17, 15) is 0 Å². The Balaban J connectivity index is 2.74. The Morgan fingerprint density at radius 3 is 2.73 bits per heavy atom. The van der Waals surface area contributed by atoms with Gasteiger partial charge < -0.3 is 4.57 Å². The number of hydrogen-bond donors (Lipinski definition) is 0. The summed E-state index contributed by atoms with van der Waals surface area (Å²) in [6.07, 6.45) is 0.977. The summed E-state index contributed by atoms with van der Waals surface area (Å²) >= 11 is 3.48. The molecule has 0 aliphatic heterocycles. The van der Waals surface area contributed by atoms with Gasteiger partial charge in [-0.1, -0.05) is 22.9 Å². The molecular weight excluding hydrogens is 252 g/mol. The molecule has 0 fully saturated rings. The minimum atomic E-state index is 0.464. The summed E-state index contributed by atoms with van der Waals surface area (Å²) in [6.45, 7) is 6.54. The average Bonchev–Trinajstić information content (AvgIpc) is 2.54. The summed E-state index contributed by atoms with van der Waals surface area (Å²) in [4.78, 5) is 4.65. The van der Waals surface area contributed by atoms with Gasteiger partial charge in [-0.2, -0.15) is 0 Å². The van der Waals surface area contributed by atoms with Gasteiger partial charge in [0.15, 0.2) is 0 Å². The fraction of sp³-hybridized carbons (Fsp3) is 0.417. The van der Waals surface area contributed by atoms with Crippen molar-refractivity contribution in [3.05, 3.63) is 28.5 Å². The van der Waals surface area contributed by atoms with E-state index in [1.54, 1.807) is 0 Å². The normalized spacial score (nSPS) is 11.5. The molecule has 2 nitrogen and oxygen atoms in total. The first-order chi connectivity index (χ1) is 7.13. The Kier molecular flexibility index (Phi) is 2.83. The molecule has 15 heavy (non-hydrogen) atoms. The van der Waals surface area contributed by atoms with Crippen molar-refractivity contribution in [1.82, 2.24) is 9.55 Å². The average molecular weight is 267 g/mol. The van der Waals surface area contributed by atoms with Crippen LogP contribution in [0, 0.1) is 0 Å². The fourth-order valence-corrected chi connectivity index (χ4v) is 2.30. The number of imidazole rings is 1. The van der Waals surface area contributed by atoms with Crippen molar-refractivity contribution in [1.29, 1.82) is 0 Å². The molecule has 0 aliphatic rings. The Bertz CT molecular complexity index is 486. The maximum absolute atomic E-state index is 4.65. The monoisotopic (exact) mass is 266 g/mol. The highest BCUT2D eigenvalue weighted by Crippen LogP contribution is 2.24. The van der Waals surface area contributed by atoms with E-state index in [2.05, 4.69) is 64.5 Å². The molecular formula is C12H15BrN2. The SMILES string of the molecule is CCc1nc2cc(Br)ccc2n1C(C)C. The van der Waals surface area contributed by atoms with Crippen molar-refractivity contribution in [3.63, 3.8) is 0 Å². The van der Waals surface area contributed by atoms with Crippen molar-refractivity contribution in [2.75, 3.05) is 0 Å². The molecule has 1 aromatic heterocycles. The molecule has 1 aromatic carbocycles. The predicted molar refractivity (Wildman–Crippen MR) is 67.2 cm³/mol. The maximum Gasteiger partial charge on any atom is 0.109 e. The second-order valence-corrected chi connectivity index (χ2v) is 4.89. The van der Waals surface area contributed by atoms with Crippen molar-refractivity contribution >= 4 is 27.0 Å². The standard InChI is InChI=1S/C12H15BrN2/c1-4-12-14-10-7-9(13)5-6-11(10)15(12)8(2)3/h5-8H,4H2,1-3H3. The third-order valence-corrected chi connectivity index (χ3v) is 3.05. The number of fused-ring (bicyclic) bond motifs is 1. The van der Waals surface area contributed by atoms with Crippen molar-refractivity contribution < 1.29 is 0 Å². The summed E-state index contributed by atoms with van der Waals surface area (Å²) in [7, 11) is 0. The number of aromatic nitrogens is 2. The van der Waals surface area contributed by atoms with Crippen LogP contribution >= 0.6 is 15.9 Å². The first-order valence-electron chi connectivity index (χ1n) is 5.30. The lowest BCUT2D eigenvalue weighted by Gasteiger charge is -2.11. The summed E-state index contributed by atoms with van der Waals surface area (Å²) in [5, 5.41) is 0. The molecule has 80 valence electrons. The van der Waals surface area contributed by atoms with Gasteiger partial charge in [-0.15, -0.1) is 0 Å². The lowest BCUT2D eigenvalue weighted by molar-refractivity contribution is 0.588. The second-order valence-electron chi connectivity index (χ2n) is 3.98. The topological polar surface area (TPSA) is 17.8 Å². The van der Waals surface area contributed by atoms with Gasteiger partial charge in [0.05, 0.1) is 11.0 Å². The number of hydrogen-bond acceptors (Lipinski definition) is 1. The minimum absolute atomic E-state index is 0.464. The third-order valence-electron chi connectivity index (χ3n) is 2.56. The highest BCUT2D eigenvalue weighted by molar-refractivity contribution is 9.10. The Hall–Kier alpha value is -0.830. The van der Waals surface area contributed by atoms with Gasteiger partial charge >= 0.3 is 0 Å². The van der Waals surface area contributed by atoms with E-state index in [1.165, 1.54) is 5.52 Å². The molecule has 1 heterocycles. The first-order valence-corrected chi connectivity index (χ1v) is 6.09. The van der Waals surface area contributed by atoms with Crippen LogP contribution in [0.4, 0.5) is 0 Å². The molecule has 3 heteroatoms. The third kappa shape index (κ3) is 1.81. The zero-order chi connectivity index (χ0) is 11.0. The van der Waals surface area contributed by atoms with Crippen molar-refractivity contribution in [2.45, 2.75) is 33.2 Å². The van der Waals surface area contributed by atoms with E-state index in [0.717, 1.165) is 22.2 Å². The van der Waals surface area contributed by atoms with Gasteiger partial charge in [-0.25, -0.2) is 4.98 Å². The van der Waals surface area contributed by atoms with Crippen molar-refractivity contribution in [2.24, 2.45) is 0 Å². The molecule has 0 radical (unpaired) electrons. The highest BCUT2D eigenvalue weighted by Gasteiger charge is 2.11. The van der Waals surface area contributed by atoms with Gasteiger partial charge in [0.2, 0.25) is 0 Å². The number of aryl methyl sites for hydroxylation is 1. The van der Waals surface area contributed by atoms with Crippen LogP contribution in [0.25, 0.3) is 11.0 Å². The van der Waals surface area contributed by atoms with Crippen LogP contribution in [-0.4, -0.2) is 9.55 Å². The van der Waals surface area contributed by atoms with Crippen LogP contribution in [0.5, 0.6) is 0 Å². The molecule has 0 atom stereocenters. The molecule has 2 aromatic rings. The number of halogens is 1. The smallest absolute Gasteiger partial charge is 0.109 e. The minimum Gasteiger partial charge on any atom is -0.325 e. The van der Waals surface area contributed by atoms with E-state index in [1.807, 2.05) is 0 Å². The van der Waals surface area contributed by atoms with E-state index >= 15 is 0 Å². The van der Waals surface area contributed by atoms with Gasteiger partial charge in [-0.05, 0) is 32.0 Å². The number of nitrogens with zero attached hydrogens (tertiary/aromatic N) is 2. The summed E-state index contributed by atoms with van der Waals surface area (Å²) in [6, 6.07) is 6.74. The maximum atomic E-state index is 4.65. The van der Waals surface area contributed by atoms with Gasteiger partial charge in [0.1, 0.15) is 5.82 Å². The van der Waals surface area contributed by atoms with Gasteiger partial charge in [-0.3, -0.25) is 0 Å². The molecule has 0 spiro atoms. The molecule has 0 unspecified atom stereocenters. The first kappa shape index (κ1) is 10.7. The molecule has 0 bridgehead atoms. The van der Waals surface area contributed by atoms with E-state index < -0.39 is 0 Å². The molecule has 0 saturated carbocycles. The molecule has 0 saturated heterocycles. The lowest BCUT2D eigenvalue weighted by Crippen LogP contribution is -2.05. The largest absolute Gasteiger partial charge is 0.325 e. The van der Waals surface area contributed by atoms with Crippen LogP contribution in [0.1, 0.15) is 32.6 Å². The van der Waals surface area contributed by atoms with Crippen LogP contribution < -0.4 is 0 Å². The summed E-state index contributed by atoms with van der Waals surface area (Å²) in [5.74, 6) is 1.16. The molecule has 0 N–H and O–H groups in total. The van der Waals surface area contributed by atoms with E-state index in [-0.39, 0.29) is 0 Å². The molecule has 0 amide bonds. The van der Waals surface area contributed by atoms with Crippen LogP contribution in [-0.2, 0) is 6.42 Å². The van der Waals surface area contributed by atoms with Gasteiger partial charge in [0, 0.05) is 16.9 Å². The van der Waals surface area contributed by atoms with Crippen LogP contribution in [0.15, 0.2) is 22.7 Å². The molecule has 0 aliphatic carbocycles. The van der Waals surface area contributed by atoms with Crippen LogP contribution in [0.2, 0.25) is 0 Å². The number of benzene rings is 1. The van der Waals surface area contributed by atoms with Crippen LogP contribution in [0.3, 0.4) is 0 Å². The fourth-order valence-electron chi connectivity index (χ4n) is 1.95. The Morgan fingerprint density at radius 2 is 2.13 bits per heavy atom. The van der Waals surface area contributed by atoms with E-state index in [0.29, 0.717) is 6.04 Å². The van der Waals surface area contributed by atoms with E-state index in [4.69, 9.17) is 0 Å². The highest BCUT2D eigenvalue weighted by atomic mass is 79.9. The second kappa shape index (κ2) is 3.97. The zero-order valence-electron chi connectivity index (χ0n) is 9.29. The van der Waals surface area contributed by atoms with Gasteiger partial charge in [0.25, 0.3) is 0 Å². The Morgan fingerprint density at radius 1 is 1.40 bits per heavy atom.